The van der Waals surface area contributed by atoms with E-state index in [1.807, 2.05) is 48.5 Å². The van der Waals surface area contributed by atoms with Crippen molar-refractivity contribution in [2.75, 3.05) is 48.9 Å². The van der Waals surface area contributed by atoms with Crippen molar-refractivity contribution in [1.82, 2.24) is 4.98 Å². The highest BCUT2D eigenvalue weighted by atomic mass is 32.2. The fraction of sp³-hybridized carbons (Fsp3) is 0.167. The number of carbonyl (C=O) groups is 1. The standard InChI is InChI=1S/C36H32N4O5S2/c1-43-26-12-9-23(10-13-26)22-45-34-21-25(40-15-17-44-18-16-40)20-30(38-34)27-5-4-8-32-35(27)47-31-14-11-24(19-33(31)46-32)37-28-6-2-3-7-29(28)39-36(41)42/h2-14,19-21,37,39H,15-18,22H2,1H3,(H,41,42). The predicted octanol–water partition coefficient (Wildman–Crippen LogP) is 8.62. The maximum atomic E-state index is 11.3. The van der Waals surface area contributed by atoms with Crippen LogP contribution in [0.1, 0.15) is 5.56 Å². The quantitative estimate of drug-likeness (QED) is 0.139. The van der Waals surface area contributed by atoms with Crippen LogP contribution in [0.4, 0.5) is 27.5 Å². The zero-order valence-electron chi connectivity index (χ0n) is 25.6. The zero-order chi connectivity index (χ0) is 32.2. The third kappa shape index (κ3) is 7.12. The summed E-state index contributed by atoms with van der Waals surface area (Å²) in [5.74, 6) is 1.37. The maximum absolute atomic E-state index is 11.3. The first-order valence-corrected chi connectivity index (χ1v) is 16.8. The summed E-state index contributed by atoms with van der Waals surface area (Å²) < 4.78 is 17.2. The Bertz CT molecular complexity index is 1920. The normalized spacial score (nSPS) is 13.7. The van der Waals surface area contributed by atoms with Crippen LogP contribution in [0.25, 0.3) is 11.3 Å². The number of carboxylic acid groups (broad SMARTS) is 1. The SMILES string of the molecule is COc1ccc(COc2cc(N3CCOCC3)cc(-c3cccc4c3Sc3ccc(Nc5ccccc5NC(=O)O)cc3S4)n2)cc1. The highest BCUT2D eigenvalue weighted by Gasteiger charge is 2.23. The number of methoxy groups -OCH3 is 1. The predicted molar refractivity (Wildman–Crippen MR) is 186 cm³/mol. The zero-order valence-corrected chi connectivity index (χ0v) is 27.2. The Morgan fingerprint density at radius 1 is 0.894 bits per heavy atom. The molecule has 0 unspecified atom stereocenters. The Labute approximate surface area is 281 Å². The molecule has 1 saturated heterocycles. The van der Waals surface area contributed by atoms with Crippen molar-refractivity contribution in [3.63, 3.8) is 0 Å². The van der Waals surface area contributed by atoms with Gasteiger partial charge in [0.2, 0.25) is 5.88 Å². The number of nitrogens with one attached hydrogen (secondary N) is 2. The Morgan fingerprint density at radius 3 is 2.49 bits per heavy atom. The van der Waals surface area contributed by atoms with Crippen molar-refractivity contribution >= 4 is 52.4 Å². The fourth-order valence-corrected chi connectivity index (χ4v) is 7.85. The molecule has 1 amide bonds. The minimum Gasteiger partial charge on any atom is -0.497 e. The number of amides is 1. The second-order valence-corrected chi connectivity index (χ2v) is 13.0. The molecule has 1 fully saturated rings. The summed E-state index contributed by atoms with van der Waals surface area (Å²) in [5.41, 5.74) is 6.04. The lowest BCUT2D eigenvalue weighted by Gasteiger charge is -2.29. The molecule has 1 aromatic heterocycles. The molecule has 0 atom stereocenters. The van der Waals surface area contributed by atoms with E-state index >= 15 is 0 Å². The van der Waals surface area contributed by atoms with Gasteiger partial charge in [-0.15, -0.1) is 0 Å². The van der Waals surface area contributed by atoms with E-state index in [1.165, 1.54) is 0 Å². The van der Waals surface area contributed by atoms with Crippen molar-refractivity contribution in [2.45, 2.75) is 26.2 Å². The minimum atomic E-state index is -1.11. The second-order valence-electron chi connectivity index (χ2n) is 10.9. The van der Waals surface area contributed by atoms with Gasteiger partial charge in [0.25, 0.3) is 0 Å². The van der Waals surface area contributed by atoms with E-state index in [4.69, 9.17) is 19.2 Å². The third-order valence-corrected chi connectivity index (χ3v) is 10.4. The smallest absolute Gasteiger partial charge is 0.409 e. The Balaban J connectivity index is 1.17. The van der Waals surface area contributed by atoms with Gasteiger partial charge >= 0.3 is 6.09 Å². The van der Waals surface area contributed by atoms with Crippen LogP contribution in [0.5, 0.6) is 11.6 Å². The number of benzene rings is 4. The number of morpholine rings is 1. The van der Waals surface area contributed by atoms with E-state index < -0.39 is 6.09 Å². The van der Waals surface area contributed by atoms with Crippen molar-refractivity contribution < 1.29 is 24.1 Å². The molecular formula is C36H32N4O5S2. The fourth-order valence-electron chi connectivity index (χ4n) is 5.44. The van der Waals surface area contributed by atoms with Gasteiger partial charge in [-0.1, -0.05) is 59.9 Å². The molecule has 7 rings (SSSR count). The monoisotopic (exact) mass is 664 g/mol. The van der Waals surface area contributed by atoms with Crippen LogP contribution in [0, 0.1) is 0 Å². The summed E-state index contributed by atoms with van der Waals surface area (Å²) in [6.45, 7) is 3.37. The first-order valence-electron chi connectivity index (χ1n) is 15.1. The summed E-state index contributed by atoms with van der Waals surface area (Å²) in [5, 5.41) is 15.1. The lowest BCUT2D eigenvalue weighted by Crippen LogP contribution is -2.36. The molecule has 0 spiro atoms. The van der Waals surface area contributed by atoms with Crippen LogP contribution in [0.2, 0.25) is 0 Å². The van der Waals surface area contributed by atoms with Crippen molar-refractivity contribution in [1.29, 1.82) is 0 Å². The lowest BCUT2D eigenvalue weighted by atomic mass is 10.1. The van der Waals surface area contributed by atoms with Crippen LogP contribution >= 0.6 is 23.5 Å². The van der Waals surface area contributed by atoms with E-state index in [2.05, 4.69) is 51.9 Å². The van der Waals surface area contributed by atoms with Crippen LogP contribution in [-0.2, 0) is 11.3 Å². The van der Waals surface area contributed by atoms with E-state index in [-0.39, 0.29) is 0 Å². The summed E-state index contributed by atoms with van der Waals surface area (Å²) in [4.78, 5) is 23.2. The molecule has 4 aromatic carbocycles. The van der Waals surface area contributed by atoms with Gasteiger partial charge in [0, 0.05) is 55.7 Å². The molecule has 238 valence electrons. The average Bonchev–Trinajstić information content (AvgIpc) is 3.10. The first kappa shape index (κ1) is 30.8. The third-order valence-electron chi connectivity index (χ3n) is 7.79. The van der Waals surface area contributed by atoms with Crippen molar-refractivity contribution in [2.24, 2.45) is 0 Å². The largest absolute Gasteiger partial charge is 0.497 e. The molecule has 3 N–H and O–H groups in total. The molecule has 9 nitrogen and oxygen atoms in total. The molecule has 2 aliphatic rings. The molecule has 0 aliphatic carbocycles. The Kier molecular flexibility index (Phi) is 9.09. The van der Waals surface area contributed by atoms with Crippen molar-refractivity contribution in [3.8, 4) is 22.9 Å². The number of fused-ring (bicyclic) bond motifs is 2. The molecule has 2 aliphatic heterocycles. The summed E-state index contributed by atoms with van der Waals surface area (Å²) in [7, 11) is 1.66. The van der Waals surface area contributed by atoms with Crippen LogP contribution in [0.15, 0.2) is 117 Å². The van der Waals surface area contributed by atoms with E-state index in [0.29, 0.717) is 37.1 Å². The highest BCUT2D eigenvalue weighted by Crippen LogP contribution is 2.52. The van der Waals surface area contributed by atoms with E-state index in [9.17, 15) is 9.90 Å². The van der Waals surface area contributed by atoms with Gasteiger partial charge in [0.05, 0.1) is 37.4 Å². The van der Waals surface area contributed by atoms with Gasteiger partial charge in [0.15, 0.2) is 0 Å². The van der Waals surface area contributed by atoms with Gasteiger partial charge < -0.3 is 29.5 Å². The molecule has 47 heavy (non-hydrogen) atoms. The Morgan fingerprint density at radius 2 is 1.70 bits per heavy atom. The molecule has 5 aromatic rings. The van der Waals surface area contributed by atoms with Gasteiger partial charge in [-0.05, 0) is 60.2 Å². The summed E-state index contributed by atoms with van der Waals surface area (Å²) in [6.07, 6.45) is -1.11. The molecule has 0 bridgehead atoms. The van der Waals surface area contributed by atoms with Crippen molar-refractivity contribution in [3.05, 3.63) is 103 Å². The number of pyridine rings is 1. The lowest BCUT2D eigenvalue weighted by molar-refractivity contribution is 0.122. The number of ether oxygens (including phenoxy) is 3. The number of rotatable bonds is 9. The summed E-state index contributed by atoms with van der Waals surface area (Å²) >= 11 is 3.44. The van der Waals surface area contributed by atoms with Crippen LogP contribution in [-0.4, -0.2) is 49.6 Å². The number of aromatic nitrogens is 1. The Hall–Kier alpha value is -4.84. The van der Waals surface area contributed by atoms with Crippen LogP contribution in [0.3, 0.4) is 0 Å². The van der Waals surface area contributed by atoms with E-state index in [1.54, 1.807) is 42.8 Å². The number of hydrogen-bond donors (Lipinski definition) is 3. The van der Waals surface area contributed by atoms with Gasteiger partial charge in [0.1, 0.15) is 12.4 Å². The number of hydrogen-bond acceptors (Lipinski definition) is 9. The molecular weight excluding hydrogens is 633 g/mol. The molecule has 11 heteroatoms. The van der Waals surface area contributed by atoms with Gasteiger partial charge in [-0.2, -0.15) is 0 Å². The van der Waals surface area contributed by atoms with E-state index in [0.717, 1.165) is 66.6 Å². The number of anilines is 4. The minimum absolute atomic E-state index is 0.390. The van der Waals surface area contributed by atoms with Gasteiger partial charge in [-0.25, -0.2) is 9.78 Å². The highest BCUT2D eigenvalue weighted by molar-refractivity contribution is 8.05. The summed E-state index contributed by atoms with van der Waals surface area (Å²) in [6, 6.07) is 31.8. The van der Waals surface area contributed by atoms with Crippen LogP contribution < -0.4 is 25.0 Å². The van der Waals surface area contributed by atoms with Gasteiger partial charge in [-0.3, -0.25) is 5.32 Å². The topological polar surface area (TPSA) is 105 Å². The average molecular weight is 665 g/mol. The molecule has 0 saturated carbocycles. The molecule has 0 radical (unpaired) electrons. The second kappa shape index (κ2) is 13.9. The maximum Gasteiger partial charge on any atom is 0.409 e. The number of para-hydroxylation sites is 2. The number of nitrogens with zero attached hydrogens (tertiary/aromatic N) is 2. The molecule has 3 heterocycles. The first-order chi connectivity index (χ1) is 23.0.